The van der Waals surface area contributed by atoms with Crippen molar-refractivity contribution in [2.75, 3.05) is 13.3 Å². The van der Waals surface area contributed by atoms with Crippen molar-refractivity contribution in [1.82, 2.24) is 10.1 Å². The molecule has 0 radical (unpaired) electrons. The molecule has 0 saturated carbocycles. The predicted octanol–water partition coefficient (Wildman–Crippen LogP) is 0.599. The lowest BCUT2D eigenvalue weighted by Gasteiger charge is -2.24. The lowest BCUT2D eigenvalue weighted by molar-refractivity contribution is -0.225. The number of carbonyl (C=O) groups excluding carboxylic acids is 5. The molecule has 0 spiro atoms. The van der Waals surface area contributed by atoms with Crippen LogP contribution in [0.5, 0.6) is 0 Å². The van der Waals surface area contributed by atoms with Crippen LogP contribution >= 0.6 is 0 Å². The first-order valence-corrected chi connectivity index (χ1v) is 8.63. The van der Waals surface area contributed by atoms with Gasteiger partial charge in [-0.2, -0.15) is 0 Å². The van der Waals surface area contributed by atoms with Crippen molar-refractivity contribution in [3.05, 3.63) is 0 Å². The van der Waals surface area contributed by atoms with Gasteiger partial charge >= 0.3 is 11.9 Å². The van der Waals surface area contributed by atoms with Gasteiger partial charge < -0.3 is 14.4 Å². The van der Waals surface area contributed by atoms with Crippen LogP contribution in [0.25, 0.3) is 0 Å². The third-order valence-electron chi connectivity index (χ3n) is 3.87. The van der Waals surface area contributed by atoms with Gasteiger partial charge in [0.25, 0.3) is 17.7 Å². The molecule has 0 aliphatic carbocycles. The summed E-state index contributed by atoms with van der Waals surface area (Å²) in [5.74, 6) is -2.41. The SMILES string of the molecule is O=C(CCCCCCC(=O)ON1C(=O)CCC1=O)ON1COCCC1=O. The fourth-order valence-electron chi connectivity index (χ4n) is 2.45. The number of hydroxylamine groups is 4. The van der Waals surface area contributed by atoms with Gasteiger partial charge in [0.1, 0.15) is 0 Å². The summed E-state index contributed by atoms with van der Waals surface area (Å²) in [6.45, 7) is 0.282. The highest BCUT2D eigenvalue weighted by atomic mass is 16.7. The molecule has 2 rings (SSSR count). The Labute approximate surface area is 150 Å². The van der Waals surface area contributed by atoms with Gasteiger partial charge in [-0.15, -0.1) is 10.1 Å². The highest BCUT2D eigenvalue weighted by Gasteiger charge is 2.32. The third-order valence-corrected chi connectivity index (χ3v) is 3.87. The molecule has 2 saturated heterocycles. The number of ether oxygens (including phenoxy) is 1. The van der Waals surface area contributed by atoms with E-state index in [0.29, 0.717) is 37.4 Å². The molecule has 0 bridgehead atoms. The second kappa shape index (κ2) is 9.85. The highest BCUT2D eigenvalue weighted by Crippen LogP contribution is 2.14. The molecule has 10 heteroatoms. The highest BCUT2D eigenvalue weighted by molar-refractivity contribution is 6.01. The maximum atomic E-state index is 11.6. The Balaban J connectivity index is 1.50. The Hall–Kier alpha value is -2.49. The van der Waals surface area contributed by atoms with Gasteiger partial charge in [-0.3, -0.25) is 14.4 Å². The molecule has 0 aromatic rings. The van der Waals surface area contributed by atoms with E-state index < -0.39 is 23.8 Å². The molecule has 0 aromatic carbocycles. The van der Waals surface area contributed by atoms with Crippen molar-refractivity contribution in [3.63, 3.8) is 0 Å². The molecule has 26 heavy (non-hydrogen) atoms. The van der Waals surface area contributed by atoms with Gasteiger partial charge in [0.2, 0.25) is 0 Å². The molecular formula is C16H22N2O8. The van der Waals surface area contributed by atoms with E-state index in [1.807, 2.05) is 0 Å². The van der Waals surface area contributed by atoms with E-state index in [-0.39, 0.29) is 44.7 Å². The van der Waals surface area contributed by atoms with Gasteiger partial charge in [0.05, 0.1) is 13.0 Å². The molecule has 0 atom stereocenters. The van der Waals surface area contributed by atoms with Crippen LogP contribution in [0.15, 0.2) is 0 Å². The van der Waals surface area contributed by atoms with E-state index >= 15 is 0 Å². The standard InChI is InChI=1S/C16H22N2O8/c19-12-9-10-24-11-17(12)25-15(22)5-3-1-2-4-6-16(23)26-18-13(20)7-8-14(18)21/h1-11H2. The molecule has 0 N–H and O–H groups in total. The summed E-state index contributed by atoms with van der Waals surface area (Å²) in [5.41, 5.74) is 0. The molecule has 3 amide bonds. The molecular weight excluding hydrogens is 348 g/mol. The Morgan fingerprint density at radius 1 is 0.808 bits per heavy atom. The lowest BCUT2D eigenvalue weighted by Crippen LogP contribution is -2.39. The number of amides is 3. The Morgan fingerprint density at radius 2 is 1.38 bits per heavy atom. The van der Waals surface area contributed by atoms with Crippen molar-refractivity contribution in [3.8, 4) is 0 Å². The van der Waals surface area contributed by atoms with Crippen molar-refractivity contribution >= 4 is 29.7 Å². The minimum Gasteiger partial charge on any atom is -0.357 e. The molecule has 0 aromatic heterocycles. The first-order valence-electron chi connectivity index (χ1n) is 8.63. The van der Waals surface area contributed by atoms with Gasteiger partial charge in [-0.25, -0.2) is 9.59 Å². The van der Waals surface area contributed by atoms with E-state index in [2.05, 4.69) is 0 Å². The fraction of sp³-hybridized carbons (Fsp3) is 0.688. The topological polar surface area (TPSA) is 120 Å². The van der Waals surface area contributed by atoms with Crippen LogP contribution < -0.4 is 0 Å². The van der Waals surface area contributed by atoms with Crippen LogP contribution in [-0.2, 0) is 38.4 Å². The van der Waals surface area contributed by atoms with Crippen molar-refractivity contribution in [2.24, 2.45) is 0 Å². The van der Waals surface area contributed by atoms with E-state index in [1.54, 1.807) is 0 Å². The quantitative estimate of drug-likeness (QED) is 0.427. The Morgan fingerprint density at radius 3 is 1.96 bits per heavy atom. The second-order valence-electron chi connectivity index (χ2n) is 5.98. The Bertz CT molecular complexity index is 561. The summed E-state index contributed by atoms with van der Waals surface area (Å²) in [6.07, 6.45) is 3.01. The summed E-state index contributed by atoms with van der Waals surface area (Å²) >= 11 is 0. The molecule has 2 aliphatic heterocycles. The molecule has 2 fully saturated rings. The Kier molecular flexibility index (Phi) is 7.52. The van der Waals surface area contributed by atoms with Gasteiger partial charge in [0.15, 0.2) is 6.73 Å². The smallest absolute Gasteiger partial charge is 0.333 e. The summed E-state index contributed by atoms with van der Waals surface area (Å²) in [6, 6.07) is 0. The van der Waals surface area contributed by atoms with Crippen molar-refractivity contribution in [2.45, 2.75) is 57.8 Å². The first-order chi connectivity index (χ1) is 12.5. The summed E-state index contributed by atoms with van der Waals surface area (Å²) < 4.78 is 5.03. The first kappa shape index (κ1) is 19.8. The van der Waals surface area contributed by atoms with E-state index in [9.17, 15) is 24.0 Å². The maximum Gasteiger partial charge on any atom is 0.333 e. The summed E-state index contributed by atoms with van der Waals surface area (Å²) in [7, 11) is 0. The minimum absolute atomic E-state index is 0.0469. The predicted molar refractivity (Wildman–Crippen MR) is 83.3 cm³/mol. The van der Waals surface area contributed by atoms with Crippen LogP contribution in [-0.4, -0.2) is 53.1 Å². The monoisotopic (exact) mass is 370 g/mol. The van der Waals surface area contributed by atoms with E-state index in [4.69, 9.17) is 14.4 Å². The average Bonchev–Trinajstić information content (AvgIpc) is 2.92. The van der Waals surface area contributed by atoms with Crippen molar-refractivity contribution in [1.29, 1.82) is 0 Å². The number of unbranched alkanes of at least 4 members (excludes halogenated alkanes) is 3. The largest absolute Gasteiger partial charge is 0.357 e. The molecule has 144 valence electrons. The van der Waals surface area contributed by atoms with Crippen molar-refractivity contribution < 1.29 is 38.4 Å². The number of rotatable bonds is 9. The fourth-order valence-corrected chi connectivity index (χ4v) is 2.45. The second-order valence-corrected chi connectivity index (χ2v) is 5.98. The third kappa shape index (κ3) is 6.10. The molecule has 10 nitrogen and oxygen atoms in total. The zero-order valence-corrected chi connectivity index (χ0v) is 14.4. The van der Waals surface area contributed by atoms with Crippen LogP contribution in [0.4, 0.5) is 0 Å². The number of hydrogen-bond donors (Lipinski definition) is 0. The summed E-state index contributed by atoms with van der Waals surface area (Å²) in [5, 5.41) is 1.45. The summed E-state index contributed by atoms with van der Waals surface area (Å²) in [4.78, 5) is 67.0. The molecule has 0 unspecified atom stereocenters. The van der Waals surface area contributed by atoms with Crippen LogP contribution in [0.3, 0.4) is 0 Å². The van der Waals surface area contributed by atoms with Gasteiger partial charge in [-0.1, -0.05) is 12.8 Å². The van der Waals surface area contributed by atoms with Crippen LogP contribution in [0.1, 0.15) is 57.8 Å². The molecule has 2 heterocycles. The number of hydrogen-bond acceptors (Lipinski definition) is 8. The van der Waals surface area contributed by atoms with Crippen LogP contribution in [0, 0.1) is 0 Å². The van der Waals surface area contributed by atoms with Crippen LogP contribution in [0.2, 0.25) is 0 Å². The number of imide groups is 1. The van der Waals surface area contributed by atoms with E-state index in [1.165, 1.54) is 0 Å². The number of carbonyl (C=O) groups is 5. The number of nitrogens with zero attached hydrogens (tertiary/aromatic N) is 2. The average molecular weight is 370 g/mol. The lowest BCUT2D eigenvalue weighted by atomic mass is 10.1. The van der Waals surface area contributed by atoms with Gasteiger partial charge in [0, 0.05) is 25.7 Å². The molecule has 2 aliphatic rings. The van der Waals surface area contributed by atoms with E-state index in [0.717, 1.165) is 5.06 Å². The van der Waals surface area contributed by atoms with Gasteiger partial charge in [-0.05, 0) is 12.8 Å². The zero-order chi connectivity index (χ0) is 18.9. The normalized spacial score (nSPS) is 17.6. The zero-order valence-electron chi connectivity index (χ0n) is 14.4. The maximum absolute atomic E-state index is 11.6. The minimum atomic E-state index is -0.628.